The van der Waals surface area contributed by atoms with Crippen molar-refractivity contribution in [1.29, 1.82) is 0 Å². The minimum atomic E-state index is -3.87. The fourth-order valence-electron chi connectivity index (χ4n) is 1.28. The molecule has 8 heteroatoms. The van der Waals surface area contributed by atoms with Gasteiger partial charge in [-0.25, -0.2) is 13.2 Å². The zero-order valence-electron chi connectivity index (χ0n) is 9.09. The van der Waals surface area contributed by atoms with Crippen LogP contribution in [-0.2, 0) is 14.6 Å². The van der Waals surface area contributed by atoms with E-state index in [2.05, 4.69) is 15.9 Å². The van der Waals surface area contributed by atoms with Gasteiger partial charge in [0.25, 0.3) is 0 Å². The van der Waals surface area contributed by atoms with Gasteiger partial charge in [0.2, 0.25) is 5.91 Å². The molecule has 0 aliphatic heterocycles. The lowest BCUT2D eigenvalue weighted by Gasteiger charge is -2.07. The molecule has 0 aliphatic rings. The summed E-state index contributed by atoms with van der Waals surface area (Å²) in [7, 11) is -3.87. The molecule has 1 aromatic carbocycles. The largest absolute Gasteiger partial charge is 0.478 e. The molecule has 0 fully saturated rings. The molecule has 0 aliphatic carbocycles. The van der Waals surface area contributed by atoms with Crippen molar-refractivity contribution in [3.63, 3.8) is 0 Å². The van der Waals surface area contributed by atoms with Gasteiger partial charge in [0, 0.05) is 10.9 Å². The van der Waals surface area contributed by atoms with Crippen LogP contribution in [0.5, 0.6) is 0 Å². The number of rotatable bonds is 5. The third-order valence-electron chi connectivity index (χ3n) is 2.13. The first kappa shape index (κ1) is 14.7. The molecule has 0 bridgehead atoms. The number of primary amides is 1. The van der Waals surface area contributed by atoms with Crippen molar-refractivity contribution in [3.05, 3.63) is 28.2 Å². The molecule has 1 amide bonds. The minimum Gasteiger partial charge on any atom is -0.478 e. The second kappa shape index (κ2) is 5.49. The first-order valence-electron chi connectivity index (χ1n) is 4.78. The Morgan fingerprint density at radius 3 is 2.44 bits per heavy atom. The van der Waals surface area contributed by atoms with Crippen molar-refractivity contribution in [1.82, 2.24) is 0 Å². The van der Waals surface area contributed by atoms with Gasteiger partial charge in [-0.2, -0.15) is 0 Å². The number of benzene rings is 1. The third kappa shape index (κ3) is 3.54. The van der Waals surface area contributed by atoms with Crippen LogP contribution in [0, 0.1) is 0 Å². The SMILES string of the molecule is NC(=O)CCS(=O)(=O)c1cc(Br)ccc1C(=O)O. The van der Waals surface area contributed by atoms with E-state index < -0.39 is 27.5 Å². The van der Waals surface area contributed by atoms with Gasteiger partial charge >= 0.3 is 5.97 Å². The second-order valence-corrected chi connectivity index (χ2v) is 6.47. The molecular weight excluding hydrogens is 326 g/mol. The number of amides is 1. The maximum absolute atomic E-state index is 11.9. The van der Waals surface area contributed by atoms with E-state index >= 15 is 0 Å². The number of carboxylic acids is 1. The normalized spacial score (nSPS) is 11.2. The van der Waals surface area contributed by atoms with Crippen LogP contribution >= 0.6 is 15.9 Å². The van der Waals surface area contributed by atoms with E-state index in [4.69, 9.17) is 10.8 Å². The minimum absolute atomic E-state index is 0.328. The van der Waals surface area contributed by atoms with Crippen LogP contribution in [0.2, 0.25) is 0 Å². The molecule has 1 rings (SSSR count). The fraction of sp³-hybridized carbons (Fsp3) is 0.200. The fourth-order valence-corrected chi connectivity index (χ4v) is 3.27. The molecule has 0 spiro atoms. The summed E-state index contributed by atoms with van der Waals surface area (Å²) in [6.07, 6.45) is -0.353. The average molecular weight is 336 g/mol. The van der Waals surface area contributed by atoms with E-state index in [1.807, 2.05) is 0 Å². The Bertz CT molecular complexity index is 596. The molecule has 0 radical (unpaired) electrons. The number of sulfone groups is 1. The van der Waals surface area contributed by atoms with Crippen molar-refractivity contribution in [3.8, 4) is 0 Å². The summed E-state index contributed by atoms with van der Waals surface area (Å²) < 4.78 is 24.3. The van der Waals surface area contributed by atoms with Crippen LogP contribution in [0.3, 0.4) is 0 Å². The molecule has 3 N–H and O–H groups in total. The maximum Gasteiger partial charge on any atom is 0.337 e. The number of carbonyl (C=O) groups excluding carboxylic acids is 1. The molecule has 0 unspecified atom stereocenters. The lowest BCUT2D eigenvalue weighted by molar-refractivity contribution is -0.117. The first-order valence-corrected chi connectivity index (χ1v) is 7.22. The summed E-state index contributed by atoms with van der Waals surface area (Å²) in [6.45, 7) is 0. The number of halogens is 1. The van der Waals surface area contributed by atoms with Crippen LogP contribution in [-0.4, -0.2) is 31.2 Å². The van der Waals surface area contributed by atoms with Gasteiger partial charge in [-0.05, 0) is 18.2 Å². The van der Waals surface area contributed by atoms with Crippen molar-refractivity contribution >= 4 is 37.6 Å². The van der Waals surface area contributed by atoms with E-state index in [0.29, 0.717) is 4.47 Å². The van der Waals surface area contributed by atoms with Crippen LogP contribution in [0.15, 0.2) is 27.6 Å². The zero-order chi connectivity index (χ0) is 13.9. The molecule has 0 aromatic heterocycles. The molecule has 0 atom stereocenters. The number of aromatic carboxylic acids is 1. The van der Waals surface area contributed by atoms with Gasteiger partial charge in [-0.3, -0.25) is 4.79 Å². The molecule has 98 valence electrons. The smallest absolute Gasteiger partial charge is 0.337 e. The van der Waals surface area contributed by atoms with Gasteiger partial charge < -0.3 is 10.8 Å². The first-order chi connectivity index (χ1) is 8.24. The van der Waals surface area contributed by atoms with Gasteiger partial charge in [-0.15, -0.1) is 0 Å². The topological polar surface area (TPSA) is 115 Å². The van der Waals surface area contributed by atoms with E-state index in [1.165, 1.54) is 18.2 Å². The summed E-state index contributed by atoms with van der Waals surface area (Å²) in [5.74, 6) is -2.62. The van der Waals surface area contributed by atoms with E-state index in [0.717, 1.165) is 0 Å². The van der Waals surface area contributed by atoms with Gasteiger partial charge in [-0.1, -0.05) is 15.9 Å². The Hall–Kier alpha value is -1.41. The lowest BCUT2D eigenvalue weighted by Crippen LogP contribution is -2.19. The van der Waals surface area contributed by atoms with E-state index in [-0.39, 0.29) is 16.9 Å². The summed E-state index contributed by atoms with van der Waals surface area (Å²) in [5, 5.41) is 8.93. The molecule has 6 nitrogen and oxygen atoms in total. The number of carbonyl (C=O) groups is 2. The Labute approximate surface area is 112 Å². The molecule has 0 saturated heterocycles. The van der Waals surface area contributed by atoms with Crippen molar-refractivity contribution in [2.24, 2.45) is 5.73 Å². The maximum atomic E-state index is 11.9. The summed E-state index contributed by atoms with van der Waals surface area (Å²) in [4.78, 5) is 21.2. The quantitative estimate of drug-likeness (QED) is 0.825. The van der Waals surface area contributed by atoms with Gasteiger partial charge in [0.15, 0.2) is 9.84 Å². The highest BCUT2D eigenvalue weighted by Crippen LogP contribution is 2.22. The lowest BCUT2D eigenvalue weighted by atomic mass is 10.2. The Balaban J connectivity index is 3.26. The van der Waals surface area contributed by atoms with Crippen molar-refractivity contribution in [2.45, 2.75) is 11.3 Å². The van der Waals surface area contributed by atoms with E-state index in [1.54, 1.807) is 0 Å². The zero-order valence-corrected chi connectivity index (χ0v) is 11.5. The van der Waals surface area contributed by atoms with E-state index in [9.17, 15) is 18.0 Å². The highest BCUT2D eigenvalue weighted by atomic mass is 79.9. The van der Waals surface area contributed by atoms with Crippen molar-refractivity contribution < 1.29 is 23.1 Å². The molecule has 1 aromatic rings. The Kier molecular flexibility index (Phi) is 4.47. The number of nitrogens with two attached hydrogens (primary N) is 1. The predicted octanol–water partition coefficient (Wildman–Crippen LogP) is 0.796. The van der Waals surface area contributed by atoms with Crippen molar-refractivity contribution in [2.75, 3.05) is 5.75 Å². The number of hydrogen-bond donors (Lipinski definition) is 2. The standard InChI is InChI=1S/C10H10BrNO5S/c11-6-1-2-7(10(14)15)8(5-6)18(16,17)4-3-9(12)13/h1-2,5H,3-4H2,(H2,12,13)(H,14,15). The van der Waals surface area contributed by atoms with Gasteiger partial charge in [0.05, 0.1) is 16.2 Å². The molecule has 0 saturated carbocycles. The van der Waals surface area contributed by atoms with Crippen LogP contribution in [0.25, 0.3) is 0 Å². The average Bonchev–Trinajstić information content (AvgIpc) is 2.26. The monoisotopic (exact) mass is 335 g/mol. The highest BCUT2D eigenvalue weighted by Gasteiger charge is 2.23. The predicted molar refractivity (Wildman–Crippen MR) is 67.0 cm³/mol. The van der Waals surface area contributed by atoms with Gasteiger partial charge in [0.1, 0.15) is 0 Å². The van der Waals surface area contributed by atoms with Crippen LogP contribution in [0.4, 0.5) is 0 Å². The Morgan fingerprint density at radius 2 is 1.94 bits per heavy atom. The number of hydrogen-bond acceptors (Lipinski definition) is 4. The van der Waals surface area contributed by atoms with Crippen LogP contribution in [0.1, 0.15) is 16.8 Å². The number of carboxylic acid groups (broad SMARTS) is 1. The Morgan fingerprint density at radius 1 is 1.33 bits per heavy atom. The summed E-state index contributed by atoms with van der Waals surface area (Å²) in [6, 6.07) is 3.81. The third-order valence-corrected chi connectivity index (χ3v) is 4.37. The second-order valence-electron chi connectivity index (χ2n) is 3.48. The van der Waals surface area contributed by atoms with Crippen LogP contribution < -0.4 is 5.73 Å². The highest BCUT2D eigenvalue weighted by molar-refractivity contribution is 9.10. The molecular formula is C10H10BrNO5S. The summed E-state index contributed by atoms with van der Waals surface area (Å²) >= 11 is 3.07. The summed E-state index contributed by atoms with van der Waals surface area (Å²) in [5.41, 5.74) is 4.55. The molecule has 0 heterocycles. The molecule has 18 heavy (non-hydrogen) atoms.